The van der Waals surface area contributed by atoms with Gasteiger partial charge in [0.2, 0.25) is 0 Å². The number of halogens is 1. The number of thiophene rings is 1. The Morgan fingerprint density at radius 1 is 1.53 bits per heavy atom. The summed E-state index contributed by atoms with van der Waals surface area (Å²) in [5, 5.41) is 3.15. The zero-order valence-electron chi connectivity index (χ0n) is 10.4. The van der Waals surface area contributed by atoms with E-state index < -0.39 is 0 Å². The fourth-order valence-electron chi connectivity index (χ4n) is 1.30. The van der Waals surface area contributed by atoms with Crippen molar-refractivity contribution in [3.05, 3.63) is 19.9 Å². The maximum atomic E-state index is 5.77. The Balaban J connectivity index is 2.17. The highest BCUT2D eigenvalue weighted by Gasteiger charge is 1.98. The van der Waals surface area contributed by atoms with E-state index in [0.29, 0.717) is 11.9 Å². The number of rotatable bonds is 6. The molecule has 0 atom stereocenters. The summed E-state index contributed by atoms with van der Waals surface area (Å²) in [6.07, 6.45) is 2.10. The van der Waals surface area contributed by atoms with Gasteiger partial charge >= 0.3 is 0 Å². The fraction of sp³-hybridized carbons (Fsp3) is 0.583. The minimum Gasteiger partial charge on any atom is -0.370 e. The molecule has 0 spiro atoms. The van der Waals surface area contributed by atoms with E-state index in [4.69, 9.17) is 5.73 Å². The molecule has 0 aliphatic rings. The van der Waals surface area contributed by atoms with E-state index in [0.717, 1.165) is 25.9 Å². The second-order valence-corrected chi connectivity index (χ2v) is 7.39. The van der Waals surface area contributed by atoms with Gasteiger partial charge in [0.15, 0.2) is 5.96 Å². The molecule has 96 valence electrons. The summed E-state index contributed by atoms with van der Waals surface area (Å²) in [6, 6.07) is 4.31. The number of aliphatic imine (C=N–C) groups is 1. The van der Waals surface area contributed by atoms with Gasteiger partial charge in [-0.05, 0) is 53.5 Å². The van der Waals surface area contributed by atoms with Crippen molar-refractivity contribution in [3.8, 4) is 0 Å². The summed E-state index contributed by atoms with van der Waals surface area (Å²) in [5.41, 5.74) is 5.77. The van der Waals surface area contributed by atoms with Gasteiger partial charge in [0.25, 0.3) is 0 Å². The standard InChI is InChI=1S/C12H20IN3S/c1-9(2)5-7-15-12(14)16-8-6-10-3-4-11(13)17-10/h3-4,9H,5-8H2,1-2H3,(H3,14,15,16). The van der Waals surface area contributed by atoms with E-state index in [1.54, 1.807) is 0 Å². The molecule has 0 aliphatic carbocycles. The second-order valence-electron chi connectivity index (χ2n) is 4.33. The maximum absolute atomic E-state index is 5.77. The highest BCUT2D eigenvalue weighted by atomic mass is 127. The Bertz CT molecular complexity index is 360. The van der Waals surface area contributed by atoms with Crippen molar-refractivity contribution in [1.82, 2.24) is 5.32 Å². The molecule has 1 heterocycles. The van der Waals surface area contributed by atoms with Crippen LogP contribution in [0, 0.1) is 8.80 Å². The van der Waals surface area contributed by atoms with Gasteiger partial charge in [0.1, 0.15) is 0 Å². The van der Waals surface area contributed by atoms with Crippen LogP contribution < -0.4 is 11.1 Å². The Morgan fingerprint density at radius 2 is 2.29 bits per heavy atom. The summed E-state index contributed by atoms with van der Waals surface area (Å²) in [7, 11) is 0. The average Bonchev–Trinajstić information content (AvgIpc) is 2.63. The average molecular weight is 365 g/mol. The summed E-state index contributed by atoms with van der Waals surface area (Å²) < 4.78 is 1.33. The first kappa shape index (κ1) is 14.8. The summed E-state index contributed by atoms with van der Waals surface area (Å²) >= 11 is 4.17. The van der Waals surface area contributed by atoms with Crippen molar-refractivity contribution in [2.75, 3.05) is 13.1 Å². The van der Waals surface area contributed by atoms with Gasteiger partial charge in [-0.3, -0.25) is 4.99 Å². The van der Waals surface area contributed by atoms with Crippen molar-refractivity contribution in [2.24, 2.45) is 16.6 Å². The van der Waals surface area contributed by atoms with Crippen LogP contribution in [0.5, 0.6) is 0 Å². The third kappa shape index (κ3) is 6.88. The zero-order valence-corrected chi connectivity index (χ0v) is 13.3. The number of nitrogens with two attached hydrogens (primary N) is 1. The largest absolute Gasteiger partial charge is 0.370 e. The first-order valence-corrected chi connectivity index (χ1v) is 7.75. The molecule has 17 heavy (non-hydrogen) atoms. The topological polar surface area (TPSA) is 50.4 Å². The van der Waals surface area contributed by atoms with Gasteiger partial charge in [-0.25, -0.2) is 0 Å². The van der Waals surface area contributed by atoms with E-state index >= 15 is 0 Å². The number of hydrogen-bond acceptors (Lipinski definition) is 2. The molecule has 0 amide bonds. The molecule has 0 bridgehead atoms. The SMILES string of the molecule is CC(C)CCN=C(N)NCCc1ccc(I)s1. The quantitative estimate of drug-likeness (QED) is 0.463. The predicted molar refractivity (Wildman–Crippen MR) is 84.7 cm³/mol. The molecule has 0 saturated heterocycles. The van der Waals surface area contributed by atoms with E-state index in [2.05, 4.69) is 58.9 Å². The number of hydrogen-bond donors (Lipinski definition) is 2. The molecular formula is C12H20IN3S. The Labute approximate surface area is 121 Å². The molecular weight excluding hydrogens is 345 g/mol. The van der Waals surface area contributed by atoms with Crippen molar-refractivity contribution in [1.29, 1.82) is 0 Å². The van der Waals surface area contributed by atoms with Crippen LogP contribution in [-0.2, 0) is 6.42 Å². The van der Waals surface area contributed by atoms with Gasteiger partial charge in [-0.2, -0.15) is 0 Å². The van der Waals surface area contributed by atoms with E-state index in [1.165, 1.54) is 7.76 Å². The lowest BCUT2D eigenvalue weighted by molar-refractivity contribution is 0.595. The molecule has 1 aromatic rings. The highest BCUT2D eigenvalue weighted by Crippen LogP contribution is 2.18. The molecule has 0 fully saturated rings. The first-order valence-electron chi connectivity index (χ1n) is 5.86. The van der Waals surface area contributed by atoms with Crippen LogP contribution in [-0.4, -0.2) is 19.0 Å². The number of nitrogens with one attached hydrogen (secondary N) is 1. The molecule has 1 rings (SSSR count). The lowest BCUT2D eigenvalue weighted by Gasteiger charge is -2.05. The van der Waals surface area contributed by atoms with E-state index in [-0.39, 0.29) is 0 Å². The number of guanidine groups is 1. The lowest BCUT2D eigenvalue weighted by Crippen LogP contribution is -2.33. The zero-order chi connectivity index (χ0) is 12.7. The van der Waals surface area contributed by atoms with Crippen molar-refractivity contribution >= 4 is 39.9 Å². The van der Waals surface area contributed by atoms with Crippen LogP contribution >= 0.6 is 33.9 Å². The van der Waals surface area contributed by atoms with Gasteiger partial charge in [-0.1, -0.05) is 13.8 Å². The van der Waals surface area contributed by atoms with Gasteiger partial charge in [0.05, 0.1) is 2.88 Å². The molecule has 0 unspecified atom stereocenters. The minimum absolute atomic E-state index is 0.567. The van der Waals surface area contributed by atoms with E-state index in [9.17, 15) is 0 Å². The van der Waals surface area contributed by atoms with Crippen LogP contribution in [0.3, 0.4) is 0 Å². The Morgan fingerprint density at radius 3 is 2.88 bits per heavy atom. The van der Waals surface area contributed by atoms with Crippen molar-refractivity contribution in [2.45, 2.75) is 26.7 Å². The maximum Gasteiger partial charge on any atom is 0.188 e. The third-order valence-corrected chi connectivity index (χ3v) is 4.25. The van der Waals surface area contributed by atoms with Crippen LogP contribution in [0.15, 0.2) is 17.1 Å². The lowest BCUT2D eigenvalue weighted by atomic mass is 10.1. The second kappa shape index (κ2) is 7.92. The molecule has 3 nitrogen and oxygen atoms in total. The Kier molecular flexibility index (Phi) is 6.87. The van der Waals surface area contributed by atoms with Crippen LogP contribution in [0.25, 0.3) is 0 Å². The van der Waals surface area contributed by atoms with Crippen LogP contribution in [0.2, 0.25) is 0 Å². The highest BCUT2D eigenvalue weighted by molar-refractivity contribution is 14.1. The molecule has 0 saturated carbocycles. The molecule has 1 aromatic heterocycles. The molecule has 0 radical (unpaired) electrons. The van der Waals surface area contributed by atoms with Gasteiger partial charge in [0, 0.05) is 18.0 Å². The van der Waals surface area contributed by atoms with Crippen LogP contribution in [0.4, 0.5) is 0 Å². The molecule has 0 aromatic carbocycles. The predicted octanol–water partition coefficient (Wildman–Crippen LogP) is 2.85. The van der Waals surface area contributed by atoms with Crippen LogP contribution in [0.1, 0.15) is 25.1 Å². The first-order chi connectivity index (χ1) is 8.08. The monoisotopic (exact) mass is 365 g/mol. The molecule has 5 heteroatoms. The summed E-state index contributed by atoms with van der Waals surface area (Å²) in [5.74, 6) is 1.25. The molecule has 3 N–H and O–H groups in total. The van der Waals surface area contributed by atoms with E-state index in [1.807, 2.05) is 11.3 Å². The smallest absolute Gasteiger partial charge is 0.188 e. The summed E-state index contributed by atoms with van der Waals surface area (Å²) in [4.78, 5) is 5.67. The minimum atomic E-state index is 0.567. The summed E-state index contributed by atoms with van der Waals surface area (Å²) in [6.45, 7) is 6.05. The van der Waals surface area contributed by atoms with Crippen molar-refractivity contribution in [3.63, 3.8) is 0 Å². The van der Waals surface area contributed by atoms with Gasteiger partial charge < -0.3 is 11.1 Å². The normalized spacial score (nSPS) is 12.1. The fourth-order valence-corrected chi connectivity index (χ4v) is 3.05. The third-order valence-electron chi connectivity index (χ3n) is 2.29. The molecule has 0 aliphatic heterocycles. The van der Waals surface area contributed by atoms with Crippen molar-refractivity contribution < 1.29 is 0 Å². The number of nitrogens with zero attached hydrogens (tertiary/aromatic N) is 1. The Hall–Kier alpha value is -0.300. The van der Waals surface area contributed by atoms with Gasteiger partial charge in [-0.15, -0.1) is 11.3 Å².